The van der Waals surface area contributed by atoms with Gasteiger partial charge in [0.05, 0.1) is 5.60 Å². The quantitative estimate of drug-likeness (QED) is 0.786. The summed E-state index contributed by atoms with van der Waals surface area (Å²) in [6.07, 6.45) is 2.80. The molecule has 1 fully saturated rings. The first-order chi connectivity index (χ1) is 11.6. The van der Waals surface area contributed by atoms with Gasteiger partial charge in [0.1, 0.15) is 0 Å². The van der Waals surface area contributed by atoms with Crippen molar-refractivity contribution >= 4 is 15.9 Å². The van der Waals surface area contributed by atoms with Crippen molar-refractivity contribution in [3.05, 3.63) is 70.2 Å². The van der Waals surface area contributed by atoms with Crippen molar-refractivity contribution in [2.45, 2.75) is 37.7 Å². The molecule has 1 unspecified atom stereocenters. The lowest BCUT2D eigenvalue weighted by molar-refractivity contribution is -0.0262. The van der Waals surface area contributed by atoms with Gasteiger partial charge in [-0.3, -0.25) is 0 Å². The average molecular weight is 388 g/mol. The minimum atomic E-state index is -0.664. The summed E-state index contributed by atoms with van der Waals surface area (Å²) < 4.78 is 1.06. The van der Waals surface area contributed by atoms with Crippen LogP contribution in [0.5, 0.6) is 0 Å². The zero-order valence-corrected chi connectivity index (χ0v) is 15.9. The summed E-state index contributed by atoms with van der Waals surface area (Å²) in [7, 11) is 0. The van der Waals surface area contributed by atoms with E-state index in [0.717, 1.165) is 42.5 Å². The molecule has 0 radical (unpaired) electrons. The van der Waals surface area contributed by atoms with E-state index < -0.39 is 5.60 Å². The second-order valence-corrected chi connectivity index (χ2v) is 7.90. The smallest absolute Gasteiger partial charge is 0.0920 e. The van der Waals surface area contributed by atoms with E-state index in [2.05, 4.69) is 58.1 Å². The maximum Gasteiger partial charge on any atom is 0.0920 e. The predicted octanol–water partition coefficient (Wildman–Crippen LogP) is 4.93. The molecule has 0 spiro atoms. The van der Waals surface area contributed by atoms with Crippen LogP contribution in [0.3, 0.4) is 0 Å². The van der Waals surface area contributed by atoms with E-state index in [1.54, 1.807) is 0 Å². The van der Waals surface area contributed by atoms with Crippen LogP contribution in [-0.4, -0.2) is 29.6 Å². The Bertz CT molecular complexity index is 633. The van der Waals surface area contributed by atoms with Crippen LogP contribution in [0.15, 0.2) is 59.1 Å². The van der Waals surface area contributed by atoms with Crippen LogP contribution in [0.25, 0.3) is 0 Å². The van der Waals surface area contributed by atoms with Gasteiger partial charge in [0.2, 0.25) is 0 Å². The largest absolute Gasteiger partial charge is 0.385 e. The van der Waals surface area contributed by atoms with Crippen LogP contribution in [-0.2, 0) is 5.60 Å². The fraction of sp³-hybridized carbons (Fsp3) is 0.429. The number of nitrogens with zero attached hydrogens (tertiary/aromatic N) is 1. The number of rotatable bonds is 5. The third-order valence-electron chi connectivity index (χ3n) is 5.31. The fourth-order valence-electron chi connectivity index (χ4n) is 3.52. The highest BCUT2D eigenvalue weighted by atomic mass is 79.9. The Labute approximate surface area is 153 Å². The number of aliphatic hydroxyl groups is 1. The van der Waals surface area contributed by atoms with E-state index in [0.29, 0.717) is 5.92 Å². The van der Waals surface area contributed by atoms with Crippen LogP contribution in [0.2, 0.25) is 0 Å². The Balaban J connectivity index is 1.51. The van der Waals surface area contributed by atoms with E-state index in [9.17, 15) is 5.11 Å². The molecule has 128 valence electrons. The molecular weight excluding hydrogens is 362 g/mol. The number of hydrogen-bond donors (Lipinski definition) is 1. The Morgan fingerprint density at radius 3 is 2.29 bits per heavy atom. The molecular formula is C21H26BrNO. The van der Waals surface area contributed by atoms with Gasteiger partial charge in [-0.15, -0.1) is 0 Å². The van der Waals surface area contributed by atoms with E-state index in [1.807, 2.05) is 24.3 Å². The third-order valence-corrected chi connectivity index (χ3v) is 5.84. The SMILES string of the molecule is CC(CCN1CCC(O)(c2ccc(Br)cc2)CC1)c1ccccc1. The lowest BCUT2D eigenvalue weighted by Gasteiger charge is -2.39. The molecule has 1 atom stereocenters. The van der Waals surface area contributed by atoms with Crippen LogP contribution in [0, 0.1) is 0 Å². The van der Waals surface area contributed by atoms with E-state index in [-0.39, 0.29) is 0 Å². The highest BCUT2D eigenvalue weighted by Gasteiger charge is 2.33. The summed E-state index contributed by atoms with van der Waals surface area (Å²) in [5.41, 5.74) is 1.80. The topological polar surface area (TPSA) is 23.5 Å². The summed E-state index contributed by atoms with van der Waals surface area (Å²) >= 11 is 3.46. The number of halogens is 1. The Hall–Kier alpha value is -1.16. The van der Waals surface area contributed by atoms with Gasteiger partial charge in [-0.05, 0) is 55.0 Å². The standard InChI is InChI=1S/C21H26BrNO/c1-17(18-5-3-2-4-6-18)11-14-23-15-12-21(24,13-16-23)19-7-9-20(22)10-8-19/h2-10,17,24H,11-16H2,1H3. The minimum absolute atomic E-state index is 0.582. The van der Waals surface area contributed by atoms with Crippen LogP contribution < -0.4 is 0 Å². The monoisotopic (exact) mass is 387 g/mol. The minimum Gasteiger partial charge on any atom is -0.385 e. The summed E-state index contributed by atoms with van der Waals surface area (Å²) in [6.45, 7) is 5.34. The number of likely N-dealkylation sites (tertiary alicyclic amines) is 1. The van der Waals surface area contributed by atoms with Crippen molar-refractivity contribution in [3.63, 3.8) is 0 Å². The molecule has 0 bridgehead atoms. The van der Waals surface area contributed by atoms with Crippen molar-refractivity contribution in [2.24, 2.45) is 0 Å². The zero-order valence-electron chi connectivity index (χ0n) is 14.3. The molecule has 1 saturated heterocycles. The first-order valence-corrected chi connectivity index (χ1v) is 9.62. The summed E-state index contributed by atoms with van der Waals surface area (Å²) in [5.74, 6) is 0.582. The predicted molar refractivity (Wildman–Crippen MR) is 103 cm³/mol. The fourth-order valence-corrected chi connectivity index (χ4v) is 3.78. The molecule has 0 aromatic heterocycles. The lowest BCUT2D eigenvalue weighted by Crippen LogP contribution is -2.43. The van der Waals surface area contributed by atoms with E-state index in [1.165, 1.54) is 12.0 Å². The molecule has 1 aliphatic heterocycles. The molecule has 0 saturated carbocycles. The maximum atomic E-state index is 11.0. The first-order valence-electron chi connectivity index (χ1n) is 8.82. The van der Waals surface area contributed by atoms with Gasteiger partial charge in [0, 0.05) is 17.6 Å². The van der Waals surface area contributed by atoms with E-state index >= 15 is 0 Å². The Morgan fingerprint density at radius 2 is 1.67 bits per heavy atom. The maximum absolute atomic E-state index is 11.0. The number of benzene rings is 2. The molecule has 1 aliphatic rings. The van der Waals surface area contributed by atoms with Crippen molar-refractivity contribution in [2.75, 3.05) is 19.6 Å². The highest BCUT2D eigenvalue weighted by molar-refractivity contribution is 9.10. The molecule has 24 heavy (non-hydrogen) atoms. The van der Waals surface area contributed by atoms with Crippen molar-refractivity contribution in [3.8, 4) is 0 Å². The second kappa shape index (κ2) is 7.81. The Kier molecular flexibility index (Phi) is 5.75. The van der Waals surface area contributed by atoms with Gasteiger partial charge in [-0.25, -0.2) is 0 Å². The van der Waals surface area contributed by atoms with Gasteiger partial charge >= 0.3 is 0 Å². The third kappa shape index (κ3) is 4.27. The van der Waals surface area contributed by atoms with Crippen molar-refractivity contribution < 1.29 is 5.11 Å². The molecule has 0 amide bonds. The number of piperidine rings is 1. The zero-order chi connectivity index (χ0) is 17.0. The van der Waals surface area contributed by atoms with Gasteiger partial charge < -0.3 is 10.0 Å². The first kappa shape index (κ1) is 17.7. The molecule has 0 aliphatic carbocycles. The molecule has 2 aromatic rings. The molecule has 1 N–H and O–H groups in total. The average Bonchev–Trinajstić information content (AvgIpc) is 2.62. The summed E-state index contributed by atoms with van der Waals surface area (Å²) in [5, 5.41) is 11.0. The molecule has 3 heteroatoms. The molecule has 1 heterocycles. The van der Waals surface area contributed by atoms with Crippen LogP contribution in [0.4, 0.5) is 0 Å². The van der Waals surface area contributed by atoms with Gasteiger partial charge in [-0.1, -0.05) is 65.3 Å². The number of hydrogen-bond acceptors (Lipinski definition) is 2. The molecule has 2 nitrogen and oxygen atoms in total. The van der Waals surface area contributed by atoms with Gasteiger partial charge in [0.25, 0.3) is 0 Å². The van der Waals surface area contributed by atoms with Gasteiger partial charge in [-0.2, -0.15) is 0 Å². The van der Waals surface area contributed by atoms with Crippen molar-refractivity contribution in [1.82, 2.24) is 4.90 Å². The second-order valence-electron chi connectivity index (χ2n) is 6.98. The molecule has 3 rings (SSSR count). The van der Waals surface area contributed by atoms with E-state index in [4.69, 9.17) is 0 Å². The van der Waals surface area contributed by atoms with Crippen LogP contribution in [0.1, 0.15) is 43.2 Å². The lowest BCUT2D eigenvalue weighted by atomic mass is 9.84. The van der Waals surface area contributed by atoms with Crippen molar-refractivity contribution in [1.29, 1.82) is 0 Å². The highest BCUT2D eigenvalue weighted by Crippen LogP contribution is 2.33. The van der Waals surface area contributed by atoms with Crippen LogP contribution >= 0.6 is 15.9 Å². The normalized spacial score (nSPS) is 19.1. The van der Waals surface area contributed by atoms with Gasteiger partial charge in [0.15, 0.2) is 0 Å². The Morgan fingerprint density at radius 1 is 1.04 bits per heavy atom. The summed E-state index contributed by atoms with van der Waals surface area (Å²) in [4.78, 5) is 2.49. The summed E-state index contributed by atoms with van der Waals surface area (Å²) in [6, 6.07) is 18.8. The molecule has 2 aromatic carbocycles.